The molecule has 4 rings (SSSR count). The number of nitrogens with one attached hydrogen (secondary N) is 3. The molecule has 0 aliphatic carbocycles. The molecule has 11 heteroatoms. The zero-order valence-electron chi connectivity index (χ0n) is 25.9. The Bertz CT molecular complexity index is 1470. The Morgan fingerprint density at radius 2 is 1.84 bits per heavy atom. The van der Waals surface area contributed by atoms with E-state index in [1.165, 1.54) is 11.8 Å². The van der Waals surface area contributed by atoms with Gasteiger partial charge in [-0.1, -0.05) is 67.2 Å². The van der Waals surface area contributed by atoms with Crippen LogP contribution in [0.5, 0.6) is 5.75 Å². The number of hydrogen-bond donors (Lipinski definition) is 5. The summed E-state index contributed by atoms with van der Waals surface area (Å²) < 4.78 is 5.42. The maximum Gasteiger partial charge on any atom is 0.256 e. The molecule has 0 spiro atoms. The minimum Gasteiger partial charge on any atom is -0.497 e. The SMILES string of the molecule is CCNC(=O)c1ccccc1-c1ccc(CN2Cc3ccc(OC)cc3S[C@@H](NC(=O)CC(C)CNC[C@H](O)CO)C2=O)cc1. The quantitative estimate of drug-likeness (QED) is 0.182. The van der Waals surface area contributed by atoms with Crippen molar-refractivity contribution in [1.82, 2.24) is 20.9 Å². The van der Waals surface area contributed by atoms with Crippen LogP contribution in [0.2, 0.25) is 0 Å². The number of aliphatic hydroxyl groups is 2. The predicted octanol–water partition coefficient (Wildman–Crippen LogP) is 3.16. The maximum absolute atomic E-state index is 13.9. The normalized spacial score (nSPS) is 15.9. The second-order valence-corrected chi connectivity index (χ2v) is 12.3. The number of aliphatic hydroxyl groups excluding tert-OH is 2. The van der Waals surface area contributed by atoms with Gasteiger partial charge in [0, 0.05) is 43.1 Å². The van der Waals surface area contributed by atoms with Crippen molar-refractivity contribution < 1.29 is 29.3 Å². The molecule has 3 aromatic rings. The lowest BCUT2D eigenvalue weighted by atomic mass is 9.98. The molecule has 0 fully saturated rings. The molecular weight excluding hydrogens is 592 g/mol. The topological polar surface area (TPSA) is 140 Å². The number of nitrogens with zero attached hydrogens (tertiary/aromatic N) is 1. The molecule has 45 heavy (non-hydrogen) atoms. The highest BCUT2D eigenvalue weighted by Crippen LogP contribution is 2.35. The number of benzene rings is 3. The second kappa shape index (κ2) is 16.4. The molecule has 0 bridgehead atoms. The molecule has 0 aromatic heterocycles. The van der Waals surface area contributed by atoms with Crippen molar-refractivity contribution in [2.45, 2.75) is 49.7 Å². The molecule has 240 valence electrons. The first kappa shape index (κ1) is 34.0. The van der Waals surface area contributed by atoms with Crippen molar-refractivity contribution in [3.05, 3.63) is 83.4 Å². The van der Waals surface area contributed by atoms with Crippen LogP contribution in [0.4, 0.5) is 0 Å². The van der Waals surface area contributed by atoms with Gasteiger partial charge in [0.05, 0.1) is 19.8 Å². The van der Waals surface area contributed by atoms with Gasteiger partial charge >= 0.3 is 0 Å². The molecule has 3 atom stereocenters. The van der Waals surface area contributed by atoms with Gasteiger partial charge in [0.25, 0.3) is 11.8 Å². The molecule has 3 amide bonds. The lowest BCUT2D eigenvalue weighted by Gasteiger charge is -2.25. The Kier molecular flexibility index (Phi) is 12.4. The van der Waals surface area contributed by atoms with Crippen LogP contribution in [-0.2, 0) is 22.7 Å². The Hall–Kier alpha value is -3.90. The third-order valence-electron chi connectivity index (χ3n) is 7.47. The molecule has 0 saturated carbocycles. The highest BCUT2D eigenvalue weighted by atomic mass is 32.2. The van der Waals surface area contributed by atoms with Crippen LogP contribution >= 0.6 is 11.8 Å². The number of ether oxygens (including phenoxy) is 1. The average Bonchev–Trinajstić information content (AvgIpc) is 3.16. The predicted molar refractivity (Wildman–Crippen MR) is 175 cm³/mol. The molecule has 0 radical (unpaired) electrons. The third-order valence-corrected chi connectivity index (χ3v) is 8.66. The summed E-state index contributed by atoms with van der Waals surface area (Å²) in [7, 11) is 1.59. The number of hydrogen-bond acceptors (Lipinski definition) is 8. The van der Waals surface area contributed by atoms with Crippen molar-refractivity contribution in [1.29, 1.82) is 0 Å². The lowest BCUT2D eigenvalue weighted by molar-refractivity contribution is -0.135. The maximum atomic E-state index is 13.9. The van der Waals surface area contributed by atoms with Crippen LogP contribution < -0.4 is 20.7 Å². The fourth-order valence-corrected chi connectivity index (χ4v) is 6.27. The number of rotatable bonds is 14. The minimum atomic E-state index is -0.853. The highest BCUT2D eigenvalue weighted by molar-refractivity contribution is 8.00. The van der Waals surface area contributed by atoms with Gasteiger partial charge in [0.15, 0.2) is 5.37 Å². The molecule has 1 aliphatic heterocycles. The number of amides is 3. The van der Waals surface area contributed by atoms with Gasteiger partial charge in [0.1, 0.15) is 5.75 Å². The molecule has 0 saturated heterocycles. The van der Waals surface area contributed by atoms with Gasteiger partial charge in [-0.05, 0) is 59.8 Å². The summed E-state index contributed by atoms with van der Waals surface area (Å²) in [5.41, 5.74) is 4.20. The van der Waals surface area contributed by atoms with Gasteiger partial charge in [-0.2, -0.15) is 0 Å². The van der Waals surface area contributed by atoms with Gasteiger partial charge in [-0.15, -0.1) is 0 Å². The Morgan fingerprint density at radius 3 is 2.56 bits per heavy atom. The van der Waals surface area contributed by atoms with E-state index in [0.717, 1.165) is 27.1 Å². The molecule has 1 aliphatic rings. The smallest absolute Gasteiger partial charge is 0.256 e. The third kappa shape index (κ3) is 9.30. The van der Waals surface area contributed by atoms with Crippen LogP contribution in [0.15, 0.2) is 71.6 Å². The van der Waals surface area contributed by atoms with E-state index in [-0.39, 0.29) is 43.2 Å². The second-order valence-electron chi connectivity index (χ2n) is 11.1. The molecule has 5 N–H and O–H groups in total. The molecule has 1 heterocycles. The van der Waals surface area contributed by atoms with E-state index in [9.17, 15) is 19.5 Å². The first-order valence-corrected chi connectivity index (χ1v) is 16.0. The zero-order valence-corrected chi connectivity index (χ0v) is 26.7. The first-order chi connectivity index (χ1) is 21.7. The largest absolute Gasteiger partial charge is 0.497 e. The van der Waals surface area contributed by atoms with Crippen LogP contribution in [-0.4, -0.2) is 77.7 Å². The minimum absolute atomic E-state index is 0.0538. The van der Waals surface area contributed by atoms with Crippen LogP contribution in [0, 0.1) is 5.92 Å². The monoisotopic (exact) mass is 634 g/mol. The zero-order chi connectivity index (χ0) is 32.3. The Labute approximate surface area is 268 Å². The lowest BCUT2D eigenvalue weighted by Crippen LogP contribution is -2.45. The van der Waals surface area contributed by atoms with E-state index in [1.807, 2.05) is 80.6 Å². The molecular formula is C34H42N4O6S. The summed E-state index contributed by atoms with van der Waals surface area (Å²) in [6, 6.07) is 21.0. The van der Waals surface area contributed by atoms with E-state index in [4.69, 9.17) is 9.84 Å². The number of carbonyl (C=O) groups excluding carboxylic acids is 3. The molecule has 10 nitrogen and oxygen atoms in total. The molecule has 3 aromatic carbocycles. The number of carbonyl (C=O) groups is 3. The van der Waals surface area contributed by atoms with Gasteiger partial charge in [0.2, 0.25) is 5.91 Å². The van der Waals surface area contributed by atoms with Crippen molar-refractivity contribution in [2.75, 3.05) is 33.4 Å². The van der Waals surface area contributed by atoms with Crippen molar-refractivity contribution in [2.24, 2.45) is 5.92 Å². The van der Waals surface area contributed by atoms with E-state index in [1.54, 1.807) is 12.0 Å². The van der Waals surface area contributed by atoms with Gasteiger partial charge in [-0.3, -0.25) is 14.4 Å². The number of fused-ring (bicyclic) bond motifs is 1. The van der Waals surface area contributed by atoms with E-state index >= 15 is 0 Å². The van der Waals surface area contributed by atoms with Crippen molar-refractivity contribution in [3.63, 3.8) is 0 Å². The van der Waals surface area contributed by atoms with Gasteiger partial charge < -0.3 is 35.8 Å². The fraction of sp³-hybridized carbons (Fsp3) is 0.382. The van der Waals surface area contributed by atoms with Crippen molar-refractivity contribution >= 4 is 29.5 Å². The Morgan fingerprint density at radius 1 is 1.09 bits per heavy atom. The van der Waals surface area contributed by atoms with E-state index < -0.39 is 11.5 Å². The highest BCUT2D eigenvalue weighted by Gasteiger charge is 2.32. The summed E-state index contributed by atoms with van der Waals surface area (Å²) in [5.74, 6) is 0.0344. The summed E-state index contributed by atoms with van der Waals surface area (Å²) in [6.07, 6.45) is -0.662. The van der Waals surface area contributed by atoms with Crippen molar-refractivity contribution in [3.8, 4) is 16.9 Å². The average molecular weight is 635 g/mol. The van der Waals surface area contributed by atoms with Crippen LogP contribution in [0.25, 0.3) is 11.1 Å². The first-order valence-electron chi connectivity index (χ1n) is 15.1. The summed E-state index contributed by atoms with van der Waals surface area (Å²) >= 11 is 1.30. The van der Waals surface area contributed by atoms with E-state index in [0.29, 0.717) is 37.5 Å². The number of methoxy groups -OCH3 is 1. The standard InChI is InChI=1S/C34H42N4O6S/c1-4-36-32(42)29-8-6-5-7-28(29)24-11-9-23(10-12-24)19-38-20-25-13-14-27(44-3)16-30(25)45-33(34(38)43)37-31(41)15-22(2)17-35-18-26(40)21-39/h5-14,16,22,26,33,35,39-40H,4,15,17-21H2,1-3H3,(H,36,42)(H,37,41)/t22?,26-,33+/m0/s1. The number of thioether (sulfide) groups is 1. The Balaban J connectivity index is 1.50. The van der Waals surface area contributed by atoms with E-state index in [2.05, 4.69) is 16.0 Å². The summed E-state index contributed by atoms with van der Waals surface area (Å²) in [4.78, 5) is 42.2. The van der Waals surface area contributed by atoms with Gasteiger partial charge in [-0.25, -0.2) is 0 Å². The summed E-state index contributed by atoms with van der Waals surface area (Å²) in [6.45, 7) is 5.41. The van der Waals surface area contributed by atoms with Crippen LogP contribution in [0.3, 0.4) is 0 Å². The fourth-order valence-electron chi connectivity index (χ4n) is 5.11. The summed E-state index contributed by atoms with van der Waals surface area (Å²) in [5, 5.41) is 26.5. The van der Waals surface area contributed by atoms with Crippen LogP contribution in [0.1, 0.15) is 41.8 Å². The molecule has 1 unspecified atom stereocenters.